The van der Waals surface area contributed by atoms with Crippen molar-refractivity contribution in [2.45, 2.75) is 38.9 Å². The standard InChI is InChI=1S/C26H27BO2/c1-25(2)26(3,4)29-27(28-25)24(22-18-12-7-13-19-22)23(20-14-8-5-9-15-20)21-16-10-6-11-17-21/h5-19H,1-4H3. The Bertz CT molecular complexity index is 935. The van der Waals surface area contributed by atoms with E-state index in [9.17, 15) is 0 Å². The first-order valence-corrected chi connectivity index (χ1v) is 10.2. The molecule has 0 atom stereocenters. The summed E-state index contributed by atoms with van der Waals surface area (Å²) in [6.45, 7) is 8.39. The third kappa shape index (κ3) is 3.81. The van der Waals surface area contributed by atoms with Gasteiger partial charge in [0.1, 0.15) is 0 Å². The Balaban J connectivity index is 2.00. The molecule has 1 heterocycles. The fourth-order valence-corrected chi connectivity index (χ4v) is 3.66. The van der Waals surface area contributed by atoms with Gasteiger partial charge in [-0.25, -0.2) is 0 Å². The van der Waals surface area contributed by atoms with E-state index >= 15 is 0 Å². The highest BCUT2D eigenvalue weighted by Gasteiger charge is 2.53. The summed E-state index contributed by atoms with van der Waals surface area (Å²) in [5, 5.41) is 0. The molecule has 0 radical (unpaired) electrons. The van der Waals surface area contributed by atoms with Crippen molar-refractivity contribution in [3.05, 3.63) is 108 Å². The van der Waals surface area contributed by atoms with Crippen LogP contribution in [0.2, 0.25) is 0 Å². The molecule has 3 aromatic rings. The van der Waals surface area contributed by atoms with Crippen molar-refractivity contribution < 1.29 is 9.31 Å². The predicted molar refractivity (Wildman–Crippen MR) is 121 cm³/mol. The summed E-state index contributed by atoms with van der Waals surface area (Å²) in [7, 11) is -0.460. The van der Waals surface area contributed by atoms with Crippen LogP contribution in [0, 0.1) is 0 Å². The molecular formula is C26H27BO2. The zero-order valence-electron chi connectivity index (χ0n) is 17.6. The van der Waals surface area contributed by atoms with E-state index < -0.39 is 18.3 Å². The van der Waals surface area contributed by atoms with E-state index in [1.807, 2.05) is 18.2 Å². The third-order valence-electron chi connectivity index (χ3n) is 5.97. The lowest BCUT2D eigenvalue weighted by atomic mass is 9.69. The van der Waals surface area contributed by atoms with Gasteiger partial charge in [-0.1, -0.05) is 91.0 Å². The number of hydrogen-bond donors (Lipinski definition) is 0. The summed E-state index contributed by atoms with van der Waals surface area (Å²) in [6.07, 6.45) is 0. The summed E-state index contributed by atoms with van der Waals surface area (Å²) < 4.78 is 13.0. The molecule has 0 spiro atoms. The number of hydrogen-bond acceptors (Lipinski definition) is 2. The molecule has 0 bridgehead atoms. The molecule has 1 saturated heterocycles. The van der Waals surface area contributed by atoms with Crippen LogP contribution in [0.4, 0.5) is 0 Å². The zero-order chi connectivity index (χ0) is 20.5. The van der Waals surface area contributed by atoms with Crippen molar-refractivity contribution in [2.24, 2.45) is 0 Å². The Labute approximate surface area is 174 Å². The highest BCUT2D eigenvalue weighted by molar-refractivity contribution is 6.71. The normalized spacial score (nSPS) is 17.2. The molecule has 4 rings (SSSR count). The summed E-state index contributed by atoms with van der Waals surface area (Å²) >= 11 is 0. The summed E-state index contributed by atoms with van der Waals surface area (Å²) in [6, 6.07) is 31.4. The Morgan fingerprint density at radius 1 is 0.552 bits per heavy atom. The molecule has 0 amide bonds. The molecular weight excluding hydrogens is 355 g/mol. The van der Waals surface area contributed by atoms with Gasteiger partial charge in [0.05, 0.1) is 11.2 Å². The first kappa shape index (κ1) is 19.7. The minimum absolute atomic E-state index is 0.407. The van der Waals surface area contributed by atoms with E-state index in [1.54, 1.807) is 0 Å². The van der Waals surface area contributed by atoms with Crippen LogP contribution in [-0.2, 0) is 9.31 Å². The van der Waals surface area contributed by atoms with Crippen LogP contribution in [0.3, 0.4) is 0 Å². The van der Waals surface area contributed by atoms with Crippen LogP contribution in [0.25, 0.3) is 11.0 Å². The third-order valence-corrected chi connectivity index (χ3v) is 5.97. The van der Waals surface area contributed by atoms with Crippen molar-refractivity contribution in [3.8, 4) is 0 Å². The highest BCUT2D eigenvalue weighted by Crippen LogP contribution is 2.43. The summed E-state index contributed by atoms with van der Waals surface area (Å²) in [4.78, 5) is 0. The molecule has 0 unspecified atom stereocenters. The van der Waals surface area contributed by atoms with Crippen molar-refractivity contribution in [2.75, 3.05) is 0 Å². The lowest BCUT2D eigenvalue weighted by molar-refractivity contribution is 0.00578. The molecule has 3 heteroatoms. The van der Waals surface area contributed by atoms with E-state index in [2.05, 4.69) is 100 Å². The Kier molecular flexibility index (Phi) is 5.20. The Morgan fingerprint density at radius 2 is 0.897 bits per heavy atom. The second kappa shape index (κ2) is 7.66. The number of rotatable bonds is 4. The van der Waals surface area contributed by atoms with Crippen molar-refractivity contribution in [1.29, 1.82) is 0 Å². The lowest BCUT2D eigenvalue weighted by Crippen LogP contribution is -2.41. The molecule has 0 N–H and O–H groups in total. The first-order valence-electron chi connectivity index (χ1n) is 10.2. The quantitative estimate of drug-likeness (QED) is 0.391. The van der Waals surface area contributed by atoms with Gasteiger partial charge >= 0.3 is 7.12 Å². The maximum Gasteiger partial charge on any atom is 0.496 e. The first-order chi connectivity index (χ1) is 13.9. The van der Waals surface area contributed by atoms with E-state index in [4.69, 9.17) is 9.31 Å². The number of benzene rings is 3. The maximum atomic E-state index is 6.52. The zero-order valence-corrected chi connectivity index (χ0v) is 17.6. The van der Waals surface area contributed by atoms with Crippen molar-refractivity contribution in [3.63, 3.8) is 0 Å². The molecule has 1 aliphatic rings. The SMILES string of the molecule is CC1(C)OB(C(=C(c2ccccc2)c2ccccc2)c2ccccc2)OC1(C)C. The summed E-state index contributed by atoms with van der Waals surface area (Å²) in [5.41, 5.74) is 4.78. The average Bonchev–Trinajstić information content (AvgIpc) is 2.94. The fourth-order valence-electron chi connectivity index (χ4n) is 3.66. The van der Waals surface area contributed by atoms with Crippen molar-refractivity contribution >= 4 is 18.2 Å². The van der Waals surface area contributed by atoms with Crippen LogP contribution >= 0.6 is 0 Å². The van der Waals surface area contributed by atoms with Gasteiger partial charge in [0.15, 0.2) is 0 Å². The van der Waals surface area contributed by atoms with Crippen LogP contribution in [0.5, 0.6) is 0 Å². The second-order valence-corrected chi connectivity index (χ2v) is 8.48. The lowest BCUT2D eigenvalue weighted by Gasteiger charge is -2.32. The molecule has 3 aromatic carbocycles. The monoisotopic (exact) mass is 382 g/mol. The van der Waals surface area contributed by atoms with Gasteiger partial charge in [0.2, 0.25) is 0 Å². The highest BCUT2D eigenvalue weighted by atomic mass is 16.7. The van der Waals surface area contributed by atoms with Crippen LogP contribution < -0.4 is 0 Å². The molecule has 1 aliphatic heterocycles. The van der Waals surface area contributed by atoms with Crippen molar-refractivity contribution in [1.82, 2.24) is 0 Å². The van der Waals surface area contributed by atoms with Gasteiger partial charge in [-0.2, -0.15) is 0 Å². The largest absolute Gasteiger partial charge is 0.496 e. The van der Waals surface area contributed by atoms with E-state index in [0.29, 0.717) is 0 Å². The van der Waals surface area contributed by atoms with Gasteiger partial charge < -0.3 is 9.31 Å². The minimum Gasteiger partial charge on any atom is -0.399 e. The second-order valence-electron chi connectivity index (χ2n) is 8.48. The van der Waals surface area contributed by atoms with Crippen LogP contribution in [-0.4, -0.2) is 18.3 Å². The van der Waals surface area contributed by atoms with Gasteiger partial charge in [-0.15, -0.1) is 0 Å². The Hall–Kier alpha value is -2.62. The topological polar surface area (TPSA) is 18.5 Å². The molecule has 0 saturated carbocycles. The summed E-state index contributed by atoms with van der Waals surface area (Å²) in [5.74, 6) is 0. The van der Waals surface area contributed by atoms with E-state index in [-0.39, 0.29) is 0 Å². The molecule has 2 nitrogen and oxygen atoms in total. The van der Waals surface area contributed by atoms with Gasteiger partial charge in [-0.3, -0.25) is 0 Å². The van der Waals surface area contributed by atoms with Gasteiger partial charge in [-0.05, 0) is 55.4 Å². The predicted octanol–water partition coefficient (Wildman–Crippen LogP) is 6.28. The Morgan fingerprint density at radius 3 is 1.28 bits per heavy atom. The fraction of sp³-hybridized carbons (Fsp3) is 0.231. The molecule has 1 fully saturated rings. The van der Waals surface area contributed by atoms with Gasteiger partial charge in [0, 0.05) is 0 Å². The van der Waals surface area contributed by atoms with E-state index in [1.165, 1.54) is 0 Å². The minimum atomic E-state index is -0.460. The molecule has 29 heavy (non-hydrogen) atoms. The molecule has 146 valence electrons. The van der Waals surface area contributed by atoms with Crippen LogP contribution in [0.15, 0.2) is 91.0 Å². The molecule has 0 aliphatic carbocycles. The van der Waals surface area contributed by atoms with Gasteiger partial charge in [0.25, 0.3) is 0 Å². The average molecular weight is 382 g/mol. The smallest absolute Gasteiger partial charge is 0.399 e. The molecule has 0 aromatic heterocycles. The van der Waals surface area contributed by atoms with E-state index in [0.717, 1.165) is 27.7 Å². The van der Waals surface area contributed by atoms with Crippen LogP contribution in [0.1, 0.15) is 44.4 Å². The maximum absolute atomic E-state index is 6.52.